The second kappa shape index (κ2) is 7.62. The van der Waals surface area contributed by atoms with E-state index in [-0.39, 0.29) is 0 Å². The summed E-state index contributed by atoms with van der Waals surface area (Å²) in [5.41, 5.74) is 4.19. The Morgan fingerprint density at radius 3 is 2.65 bits per heavy atom. The number of hydrogen-bond donors (Lipinski definition) is 1. The largest absolute Gasteiger partial charge is 0.355 e. The van der Waals surface area contributed by atoms with E-state index in [1.54, 1.807) is 6.20 Å². The quantitative estimate of drug-likeness (QED) is 0.789. The van der Waals surface area contributed by atoms with Crippen LogP contribution in [0.25, 0.3) is 22.6 Å². The Hall–Kier alpha value is -2.79. The zero-order valence-corrected chi connectivity index (χ0v) is 15.0. The van der Waals surface area contributed by atoms with Gasteiger partial charge in [0.15, 0.2) is 5.82 Å². The lowest BCUT2D eigenvalue weighted by atomic mass is 10.1. The molecule has 3 heterocycles. The van der Waals surface area contributed by atoms with Crippen molar-refractivity contribution in [3.8, 4) is 22.6 Å². The number of pyridine rings is 1. The van der Waals surface area contributed by atoms with Gasteiger partial charge in [0.2, 0.25) is 0 Å². The predicted molar refractivity (Wildman–Crippen MR) is 105 cm³/mol. The summed E-state index contributed by atoms with van der Waals surface area (Å²) in [4.78, 5) is 16.3. The van der Waals surface area contributed by atoms with Crippen LogP contribution < -0.4 is 10.2 Å². The normalized spacial score (nSPS) is 14.9. The minimum Gasteiger partial charge on any atom is -0.355 e. The van der Waals surface area contributed by atoms with E-state index in [1.807, 2.05) is 18.3 Å². The summed E-state index contributed by atoms with van der Waals surface area (Å²) in [5, 5.41) is 3.45. The Labute approximate surface area is 154 Å². The first kappa shape index (κ1) is 16.7. The van der Waals surface area contributed by atoms with Gasteiger partial charge in [-0.15, -0.1) is 0 Å². The van der Waals surface area contributed by atoms with Gasteiger partial charge in [-0.05, 0) is 32.0 Å². The van der Waals surface area contributed by atoms with Crippen molar-refractivity contribution in [1.29, 1.82) is 0 Å². The number of aromatic nitrogens is 3. The summed E-state index contributed by atoms with van der Waals surface area (Å²) in [7, 11) is 0. The third-order valence-corrected chi connectivity index (χ3v) is 4.64. The minimum absolute atomic E-state index is 0.763. The fourth-order valence-corrected chi connectivity index (χ4v) is 3.17. The first-order chi connectivity index (χ1) is 12.8. The lowest BCUT2D eigenvalue weighted by Gasteiger charge is -2.22. The molecule has 5 nitrogen and oxygen atoms in total. The summed E-state index contributed by atoms with van der Waals surface area (Å²) >= 11 is 0. The third kappa shape index (κ3) is 3.73. The van der Waals surface area contributed by atoms with E-state index in [0.29, 0.717) is 0 Å². The molecule has 0 radical (unpaired) electrons. The number of nitrogens with one attached hydrogen (secondary N) is 1. The van der Waals surface area contributed by atoms with Crippen LogP contribution in [0.4, 0.5) is 5.82 Å². The van der Waals surface area contributed by atoms with Crippen molar-refractivity contribution in [1.82, 2.24) is 20.3 Å². The van der Waals surface area contributed by atoms with Gasteiger partial charge in [0.25, 0.3) is 0 Å². The molecule has 1 aromatic carbocycles. The molecular formula is C21H23N5. The van der Waals surface area contributed by atoms with Crippen molar-refractivity contribution in [3.63, 3.8) is 0 Å². The van der Waals surface area contributed by atoms with E-state index in [1.165, 1.54) is 5.56 Å². The molecule has 3 aromatic rings. The van der Waals surface area contributed by atoms with Crippen molar-refractivity contribution in [3.05, 3.63) is 60.4 Å². The lowest BCUT2D eigenvalue weighted by molar-refractivity contribution is 0.724. The molecular weight excluding hydrogens is 322 g/mol. The van der Waals surface area contributed by atoms with Crippen molar-refractivity contribution in [2.45, 2.75) is 13.3 Å². The molecule has 1 N–H and O–H groups in total. The Balaban J connectivity index is 1.80. The summed E-state index contributed by atoms with van der Waals surface area (Å²) in [6, 6.07) is 14.5. The molecule has 5 heteroatoms. The van der Waals surface area contributed by atoms with E-state index >= 15 is 0 Å². The van der Waals surface area contributed by atoms with Crippen LogP contribution in [0.5, 0.6) is 0 Å². The van der Waals surface area contributed by atoms with Gasteiger partial charge in [-0.25, -0.2) is 9.97 Å². The van der Waals surface area contributed by atoms with Gasteiger partial charge in [-0.2, -0.15) is 0 Å². The number of hydrogen-bond acceptors (Lipinski definition) is 5. The maximum absolute atomic E-state index is 4.89. The fraction of sp³-hybridized carbons (Fsp3) is 0.286. The van der Waals surface area contributed by atoms with E-state index in [2.05, 4.69) is 52.5 Å². The van der Waals surface area contributed by atoms with E-state index < -0.39 is 0 Å². The summed E-state index contributed by atoms with van der Waals surface area (Å²) < 4.78 is 0. The van der Waals surface area contributed by atoms with Crippen molar-refractivity contribution in [2.24, 2.45) is 0 Å². The third-order valence-electron chi connectivity index (χ3n) is 4.64. The van der Waals surface area contributed by atoms with Gasteiger partial charge in [0.1, 0.15) is 5.82 Å². The van der Waals surface area contributed by atoms with Crippen LogP contribution in [0, 0.1) is 6.92 Å². The minimum atomic E-state index is 0.763. The van der Waals surface area contributed by atoms with E-state index in [0.717, 1.165) is 61.1 Å². The van der Waals surface area contributed by atoms with Crippen LogP contribution in [0.1, 0.15) is 12.0 Å². The van der Waals surface area contributed by atoms with Gasteiger partial charge in [0.05, 0.1) is 5.69 Å². The summed E-state index contributed by atoms with van der Waals surface area (Å²) in [6.07, 6.45) is 4.76. The van der Waals surface area contributed by atoms with Crippen LogP contribution in [0.3, 0.4) is 0 Å². The maximum Gasteiger partial charge on any atom is 0.162 e. The van der Waals surface area contributed by atoms with E-state index in [4.69, 9.17) is 9.97 Å². The molecule has 1 saturated heterocycles. The smallest absolute Gasteiger partial charge is 0.162 e. The van der Waals surface area contributed by atoms with Crippen LogP contribution in [-0.4, -0.2) is 41.1 Å². The van der Waals surface area contributed by atoms with Crippen LogP contribution >= 0.6 is 0 Å². The van der Waals surface area contributed by atoms with Crippen molar-refractivity contribution >= 4 is 5.82 Å². The molecule has 0 unspecified atom stereocenters. The Bertz CT molecular complexity index is 853. The van der Waals surface area contributed by atoms with Crippen molar-refractivity contribution < 1.29 is 0 Å². The molecule has 0 spiro atoms. The highest BCUT2D eigenvalue weighted by Crippen LogP contribution is 2.26. The molecule has 0 aliphatic carbocycles. The van der Waals surface area contributed by atoms with Gasteiger partial charge in [-0.3, -0.25) is 4.98 Å². The number of benzene rings is 1. The highest BCUT2D eigenvalue weighted by atomic mass is 15.2. The first-order valence-corrected chi connectivity index (χ1v) is 9.12. The second-order valence-electron chi connectivity index (χ2n) is 6.63. The number of aryl methyl sites for hydroxylation is 1. The molecule has 1 fully saturated rings. The Morgan fingerprint density at radius 2 is 1.85 bits per heavy atom. The number of anilines is 1. The predicted octanol–water partition coefficient (Wildman–Crippen LogP) is 3.31. The number of nitrogens with zero attached hydrogens (tertiary/aromatic N) is 4. The topological polar surface area (TPSA) is 53.9 Å². The molecule has 4 rings (SSSR count). The maximum atomic E-state index is 4.89. The Kier molecular flexibility index (Phi) is 4.88. The lowest BCUT2D eigenvalue weighted by Crippen LogP contribution is -2.28. The highest BCUT2D eigenvalue weighted by molar-refractivity contribution is 5.67. The first-order valence-electron chi connectivity index (χ1n) is 9.12. The van der Waals surface area contributed by atoms with Gasteiger partial charge in [0, 0.05) is 49.2 Å². The molecule has 1 aliphatic rings. The molecule has 0 amide bonds. The molecule has 0 saturated carbocycles. The highest BCUT2D eigenvalue weighted by Gasteiger charge is 2.15. The zero-order valence-electron chi connectivity index (χ0n) is 15.0. The molecule has 0 bridgehead atoms. The standard InChI is InChI=1S/C21H23N5/c1-16-5-7-17(8-6-16)21-24-19(18-4-2-9-23-15-18)14-20(25-21)26-12-3-10-22-11-13-26/h2,4-9,14-15,22H,3,10-13H2,1H3. The van der Waals surface area contributed by atoms with Crippen LogP contribution in [-0.2, 0) is 0 Å². The molecule has 26 heavy (non-hydrogen) atoms. The SMILES string of the molecule is Cc1ccc(-c2nc(-c3cccnc3)cc(N3CCCNCC3)n2)cc1. The van der Waals surface area contributed by atoms with Crippen LogP contribution in [0.2, 0.25) is 0 Å². The number of rotatable bonds is 3. The summed E-state index contributed by atoms with van der Waals surface area (Å²) in [5.74, 6) is 1.75. The molecule has 2 aromatic heterocycles. The van der Waals surface area contributed by atoms with Gasteiger partial charge in [-0.1, -0.05) is 29.8 Å². The zero-order chi connectivity index (χ0) is 17.8. The molecule has 1 aliphatic heterocycles. The van der Waals surface area contributed by atoms with E-state index in [9.17, 15) is 0 Å². The summed E-state index contributed by atoms with van der Waals surface area (Å²) in [6.45, 7) is 6.08. The monoisotopic (exact) mass is 345 g/mol. The van der Waals surface area contributed by atoms with Crippen LogP contribution in [0.15, 0.2) is 54.9 Å². The molecule has 0 atom stereocenters. The average molecular weight is 345 g/mol. The van der Waals surface area contributed by atoms with Crippen molar-refractivity contribution in [2.75, 3.05) is 31.1 Å². The second-order valence-corrected chi connectivity index (χ2v) is 6.63. The van der Waals surface area contributed by atoms with Gasteiger partial charge >= 0.3 is 0 Å². The fourth-order valence-electron chi connectivity index (χ4n) is 3.17. The average Bonchev–Trinajstić information content (AvgIpc) is 2.98. The van der Waals surface area contributed by atoms with Gasteiger partial charge < -0.3 is 10.2 Å². The Morgan fingerprint density at radius 1 is 0.962 bits per heavy atom. The molecule has 132 valence electrons.